The number of carbonyl (C=O) groups is 1. The third-order valence-electron chi connectivity index (χ3n) is 11.6. The maximum atomic E-state index is 16.2. The molecular weight excluding hydrogens is 864 g/mol. The van der Waals surface area contributed by atoms with Crippen molar-refractivity contribution in [2.75, 3.05) is 33.0 Å². The van der Waals surface area contributed by atoms with E-state index < -0.39 is 11.8 Å². The molecule has 0 amide bonds. The van der Waals surface area contributed by atoms with E-state index in [1.165, 1.54) is 118 Å². The Balaban J connectivity index is 1.33. The first-order valence-corrected chi connectivity index (χ1v) is 26.8. The largest absolute Gasteiger partial charge is 0.459 e. The lowest BCUT2D eigenvalue weighted by molar-refractivity contribution is 0.0164. The number of hydrogen-bond acceptors (Lipinski definition) is 10. The Morgan fingerprint density at radius 3 is 1.83 bits per heavy atom. The number of hydrogen-bond donors (Lipinski definition) is 0. The van der Waals surface area contributed by atoms with E-state index in [1.54, 1.807) is 11.3 Å². The Morgan fingerprint density at radius 1 is 0.650 bits per heavy atom. The van der Waals surface area contributed by atoms with Crippen LogP contribution in [0.25, 0.3) is 60.9 Å². The summed E-state index contributed by atoms with van der Waals surface area (Å²) in [5, 5.41) is 3.11. The van der Waals surface area contributed by atoms with Crippen LogP contribution in [0.15, 0.2) is 36.4 Å². The molecule has 6 heterocycles. The van der Waals surface area contributed by atoms with Gasteiger partial charge in [0.2, 0.25) is 0 Å². The standard InChI is InChI=1S/C49H59FO4S6/c1-8-13-15-31(10-3)26-33-17-19-37(57-33)41-35-25-29(6)55-44(35)42(38-20-18-34(58-38)27-32(11-4)16-14-9-2)36-28-39(59-45(36)41)46-47-40(30(7)56-46)43(50)48(60-47)49(51)54-24-23-53-22-21-52-12-5/h17-20,25,28,31-32H,8-16,21-24,26-27H2,1-7H3. The molecule has 0 spiro atoms. The van der Waals surface area contributed by atoms with Gasteiger partial charge in [-0.15, -0.1) is 68.0 Å². The lowest BCUT2D eigenvalue weighted by atomic mass is 9.95. The molecule has 6 aromatic heterocycles. The average Bonchev–Trinajstić information content (AvgIpc) is 4.11. The molecule has 0 bridgehead atoms. The summed E-state index contributed by atoms with van der Waals surface area (Å²) in [6, 6.07) is 14.2. The van der Waals surface area contributed by atoms with Gasteiger partial charge in [0.1, 0.15) is 11.5 Å². The maximum absolute atomic E-state index is 16.2. The van der Waals surface area contributed by atoms with Crippen molar-refractivity contribution in [1.29, 1.82) is 0 Å². The molecule has 0 aliphatic heterocycles. The van der Waals surface area contributed by atoms with Crippen molar-refractivity contribution in [2.45, 2.75) is 113 Å². The van der Waals surface area contributed by atoms with E-state index in [2.05, 4.69) is 71.0 Å². The van der Waals surface area contributed by atoms with E-state index in [4.69, 9.17) is 14.2 Å². The summed E-state index contributed by atoms with van der Waals surface area (Å²) in [7, 11) is 0. The van der Waals surface area contributed by atoms with Gasteiger partial charge in [0.15, 0.2) is 5.82 Å². The minimum atomic E-state index is -0.643. The van der Waals surface area contributed by atoms with Crippen molar-refractivity contribution in [3.05, 3.63) is 66.6 Å². The molecule has 60 heavy (non-hydrogen) atoms. The van der Waals surface area contributed by atoms with Crippen LogP contribution in [0.4, 0.5) is 4.39 Å². The second kappa shape index (κ2) is 21.3. The molecule has 0 aliphatic carbocycles. The van der Waals surface area contributed by atoms with Gasteiger partial charge in [0, 0.05) is 77.4 Å². The third-order valence-corrected chi connectivity index (χ3v) is 18.6. The molecule has 2 unspecified atom stereocenters. The Bertz CT molecular complexity index is 2400. The quantitative estimate of drug-likeness (QED) is 0.0474. The van der Waals surface area contributed by atoms with Crippen molar-refractivity contribution >= 4 is 104 Å². The lowest BCUT2D eigenvalue weighted by Gasteiger charge is -2.13. The number of rotatable bonds is 23. The molecule has 0 saturated carbocycles. The number of unbranched alkanes of at least 4 members (excludes halogenated alkanes) is 2. The summed E-state index contributed by atoms with van der Waals surface area (Å²) in [6.07, 6.45) is 12.3. The topological polar surface area (TPSA) is 44.8 Å². The molecule has 0 saturated heterocycles. The molecule has 0 aliphatic rings. The van der Waals surface area contributed by atoms with Crippen LogP contribution in [0.1, 0.15) is 115 Å². The molecule has 0 fully saturated rings. The van der Waals surface area contributed by atoms with Crippen LogP contribution in [-0.4, -0.2) is 39.0 Å². The number of thiophene rings is 6. The summed E-state index contributed by atoms with van der Waals surface area (Å²) in [5.41, 5.74) is 2.64. The highest BCUT2D eigenvalue weighted by atomic mass is 32.1. The van der Waals surface area contributed by atoms with Gasteiger partial charge in [-0.2, -0.15) is 0 Å². The number of ether oxygens (including phenoxy) is 3. The van der Waals surface area contributed by atoms with Crippen LogP contribution >= 0.6 is 68.0 Å². The van der Waals surface area contributed by atoms with E-state index in [-0.39, 0.29) is 18.1 Å². The van der Waals surface area contributed by atoms with E-state index in [1.807, 2.05) is 59.2 Å². The lowest BCUT2D eigenvalue weighted by Crippen LogP contribution is -2.13. The average molecular weight is 923 g/mol. The van der Waals surface area contributed by atoms with Crippen molar-refractivity contribution in [3.63, 3.8) is 0 Å². The maximum Gasteiger partial charge on any atom is 0.351 e. The summed E-state index contributed by atoms with van der Waals surface area (Å²) in [6.45, 7) is 17.2. The number of benzene rings is 1. The molecule has 1 aromatic carbocycles. The second-order valence-corrected chi connectivity index (χ2v) is 22.7. The number of fused-ring (bicyclic) bond motifs is 3. The van der Waals surface area contributed by atoms with Crippen LogP contribution < -0.4 is 0 Å². The first-order chi connectivity index (χ1) is 29.2. The molecule has 7 rings (SSSR count). The molecule has 0 N–H and O–H groups in total. The predicted octanol–water partition coefficient (Wildman–Crippen LogP) is 17.0. The Hall–Kier alpha value is -2.48. The summed E-state index contributed by atoms with van der Waals surface area (Å²) in [4.78, 5) is 23.1. The van der Waals surface area contributed by atoms with E-state index in [9.17, 15) is 4.79 Å². The van der Waals surface area contributed by atoms with Gasteiger partial charge in [-0.3, -0.25) is 0 Å². The monoisotopic (exact) mass is 922 g/mol. The van der Waals surface area contributed by atoms with Crippen molar-refractivity contribution < 1.29 is 23.4 Å². The first kappa shape index (κ1) is 45.5. The number of carbonyl (C=O) groups excluding carboxylic acids is 1. The minimum Gasteiger partial charge on any atom is -0.459 e. The van der Waals surface area contributed by atoms with E-state index >= 15 is 4.39 Å². The normalized spacial score (nSPS) is 13.1. The minimum absolute atomic E-state index is 0.0239. The highest BCUT2D eigenvalue weighted by molar-refractivity contribution is 7.32. The van der Waals surface area contributed by atoms with Crippen LogP contribution in [0.2, 0.25) is 0 Å². The van der Waals surface area contributed by atoms with E-state index in [0.29, 0.717) is 37.0 Å². The van der Waals surface area contributed by atoms with Crippen LogP contribution in [-0.2, 0) is 27.1 Å². The first-order valence-electron chi connectivity index (χ1n) is 21.9. The third kappa shape index (κ3) is 9.99. The Labute approximate surface area is 379 Å². The molecule has 0 radical (unpaired) electrons. The zero-order chi connectivity index (χ0) is 42.3. The summed E-state index contributed by atoms with van der Waals surface area (Å²) < 4.78 is 36.0. The molecule has 2 atom stereocenters. The highest BCUT2D eigenvalue weighted by Crippen LogP contribution is 2.55. The summed E-state index contributed by atoms with van der Waals surface area (Å²) in [5.74, 6) is 0.280. The predicted molar refractivity (Wildman–Crippen MR) is 264 cm³/mol. The Kier molecular flexibility index (Phi) is 16.1. The SMILES string of the molecule is CCCCC(CC)Cc1ccc(-c2c3cc(-c4sc(C)c5c(F)c(C(=O)OCCOCCOCC)sc45)sc3c(-c3ccc(CC(CC)CCCC)s3)c3cc(C)sc23)s1. The molecule has 4 nitrogen and oxygen atoms in total. The molecule has 7 aromatic rings. The van der Waals surface area contributed by atoms with Crippen molar-refractivity contribution in [2.24, 2.45) is 11.8 Å². The van der Waals surface area contributed by atoms with Crippen molar-refractivity contribution in [1.82, 2.24) is 0 Å². The van der Waals surface area contributed by atoms with Crippen molar-refractivity contribution in [3.8, 4) is 30.6 Å². The second-order valence-electron chi connectivity index (χ2n) is 15.9. The van der Waals surface area contributed by atoms with Gasteiger partial charge in [-0.25, -0.2) is 9.18 Å². The number of aryl methyl sites for hydroxylation is 2. The fourth-order valence-corrected chi connectivity index (χ4v) is 15.7. The van der Waals surface area contributed by atoms with Crippen LogP contribution in [0.5, 0.6) is 0 Å². The van der Waals surface area contributed by atoms with Gasteiger partial charge in [-0.05, 0) is 81.8 Å². The van der Waals surface area contributed by atoms with Crippen LogP contribution in [0.3, 0.4) is 0 Å². The van der Waals surface area contributed by atoms with Crippen LogP contribution in [0, 0.1) is 31.5 Å². The zero-order valence-corrected chi connectivity index (χ0v) is 41.1. The Morgan fingerprint density at radius 2 is 1.23 bits per heavy atom. The van der Waals surface area contributed by atoms with Gasteiger partial charge in [0.05, 0.1) is 29.4 Å². The zero-order valence-electron chi connectivity index (χ0n) is 36.2. The smallest absolute Gasteiger partial charge is 0.351 e. The van der Waals surface area contributed by atoms with Gasteiger partial charge in [-0.1, -0.05) is 79.1 Å². The van der Waals surface area contributed by atoms with Gasteiger partial charge >= 0.3 is 5.97 Å². The van der Waals surface area contributed by atoms with Gasteiger partial charge in [0.25, 0.3) is 0 Å². The highest BCUT2D eigenvalue weighted by Gasteiger charge is 2.28. The molecular formula is C49H59FO4S6. The molecule has 322 valence electrons. The summed E-state index contributed by atoms with van der Waals surface area (Å²) >= 11 is 10.5. The number of esters is 1. The fraction of sp³-hybridized carbons (Fsp3) is 0.490. The fourth-order valence-electron chi connectivity index (χ4n) is 8.25. The molecule has 11 heteroatoms. The van der Waals surface area contributed by atoms with E-state index in [0.717, 1.165) is 32.2 Å². The van der Waals surface area contributed by atoms with Gasteiger partial charge < -0.3 is 14.2 Å². The number of halogens is 1.